The van der Waals surface area contributed by atoms with Gasteiger partial charge in [0.25, 0.3) is 0 Å². The van der Waals surface area contributed by atoms with Crippen LogP contribution in [0.5, 0.6) is 0 Å². The summed E-state index contributed by atoms with van der Waals surface area (Å²) in [5.41, 5.74) is 12.0. The number of aliphatic imine (C=N–C) groups is 2. The summed E-state index contributed by atoms with van der Waals surface area (Å²) < 4.78 is 19.8. The van der Waals surface area contributed by atoms with E-state index in [0.29, 0.717) is 5.84 Å². The highest BCUT2D eigenvalue weighted by atomic mass is 16.3. The highest BCUT2D eigenvalue weighted by Crippen LogP contribution is 2.46. The molecule has 0 bridgehead atoms. The van der Waals surface area contributed by atoms with Crippen LogP contribution in [0, 0.1) is 0 Å². The van der Waals surface area contributed by atoms with Crippen LogP contribution in [0.25, 0.3) is 88.1 Å². The second-order valence-corrected chi connectivity index (χ2v) is 14.5. The number of benzene rings is 8. The molecule has 1 unspecified atom stereocenters. The van der Waals surface area contributed by atoms with Gasteiger partial charge in [-0.3, -0.25) is 0 Å². The zero-order chi connectivity index (χ0) is 37.5. The van der Waals surface area contributed by atoms with Crippen LogP contribution in [0.3, 0.4) is 0 Å². The van der Waals surface area contributed by atoms with Gasteiger partial charge in [0.15, 0.2) is 5.84 Å². The zero-order valence-corrected chi connectivity index (χ0v) is 30.4. The summed E-state index contributed by atoms with van der Waals surface area (Å²) in [5, 5.41) is 9.91. The average molecular weight is 734 g/mol. The van der Waals surface area contributed by atoms with Crippen LogP contribution >= 0.6 is 0 Å². The summed E-state index contributed by atoms with van der Waals surface area (Å²) in [6.45, 7) is 0. The molecule has 4 heterocycles. The van der Waals surface area contributed by atoms with Gasteiger partial charge in [-0.15, -0.1) is 0 Å². The molecule has 0 saturated heterocycles. The molecule has 57 heavy (non-hydrogen) atoms. The van der Waals surface area contributed by atoms with Crippen molar-refractivity contribution in [3.63, 3.8) is 0 Å². The first-order valence-electron chi connectivity index (χ1n) is 19.1. The van der Waals surface area contributed by atoms with Crippen molar-refractivity contribution in [3.05, 3.63) is 193 Å². The summed E-state index contributed by atoms with van der Waals surface area (Å²) >= 11 is 0. The van der Waals surface area contributed by atoms with Crippen molar-refractivity contribution in [2.24, 2.45) is 9.98 Å². The Morgan fingerprint density at radius 2 is 0.947 bits per heavy atom. The van der Waals surface area contributed by atoms with Crippen molar-refractivity contribution in [1.82, 2.24) is 5.32 Å². The molecule has 0 fully saturated rings. The second-order valence-electron chi connectivity index (χ2n) is 14.5. The number of para-hydroxylation sites is 2. The minimum atomic E-state index is -0.340. The Hall–Kier alpha value is -7.70. The monoisotopic (exact) mass is 733 g/mol. The van der Waals surface area contributed by atoms with Gasteiger partial charge in [-0.2, -0.15) is 0 Å². The zero-order valence-electron chi connectivity index (χ0n) is 30.4. The molecular weight excluding hydrogens is 703 g/mol. The summed E-state index contributed by atoms with van der Waals surface area (Å²) in [6.07, 6.45) is -0.340. The smallest absolute Gasteiger partial charge is 0.159 e. The van der Waals surface area contributed by atoms with Crippen LogP contribution in [-0.4, -0.2) is 11.7 Å². The molecule has 0 aliphatic carbocycles. The Labute approximate surface area is 326 Å². The van der Waals surface area contributed by atoms with Crippen LogP contribution in [0.4, 0.5) is 0 Å². The maximum absolute atomic E-state index is 7.00. The van der Waals surface area contributed by atoms with E-state index in [9.17, 15) is 0 Å². The molecule has 8 aromatic carbocycles. The minimum absolute atomic E-state index is 0.340. The lowest BCUT2D eigenvalue weighted by Crippen LogP contribution is -2.33. The van der Waals surface area contributed by atoms with E-state index in [4.69, 9.17) is 23.2 Å². The largest absolute Gasteiger partial charge is 0.456 e. The molecule has 0 amide bonds. The van der Waals surface area contributed by atoms with Gasteiger partial charge >= 0.3 is 0 Å². The van der Waals surface area contributed by atoms with Gasteiger partial charge in [0.1, 0.15) is 45.5 Å². The van der Waals surface area contributed by atoms with Gasteiger partial charge < -0.3 is 18.6 Å². The molecule has 1 N–H and O–H groups in total. The molecule has 0 spiro atoms. The molecule has 12 rings (SSSR count). The van der Waals surface area contributed by atoms with Crippen LogP contribution in [0.1, 0.15) is 22.9 Å². The average Bonchev–Trinajstić information content (AvgIpc) is 3.98. The fraction of sp³-hybridized carbons (Fsp3) is 0.0196. The number of hydrogen-bond donors (Lipinski definition) is 1. The molecule has 1 aliphatic heterocycles. The van der Waals surface area contributed by atoms with E-state index in [1.54, 1.807) is 0 Å². The Morgan fingerprint density at radius 1 is 0.404 bits per heavy atom. The Balaban J connectivity index is 1.16. The van der Waals surface area contributed by atoms with Crippen molar-refractivity contribution in [1.29, 1.82) is 0 Å². The lowest BCUT2D eigenvalue weighted by Gasteiger charge is -2.24. The first-order valence-corrected chi connectivity index (χ1v) is 19.1. The molecule has 3 aromatic heterocycles. The highest BCUT2D eigenvalue weighted by Gasteiger charge is 2.26. The van der Waals surface area contributed by atoms with Crippen LogP contribution in [0.15, 0.2) is 199 Å². The van der Waals surface area contributed by atoms with Crippen molar-refractivity contribution < 1.29 is 13.3 Å². The molecule has 6 heteroatoms. The quantitative estimate of drug-likeness (QED) is 0.191. The SMILES string of the molecule is c1ccc(C2=NC(c3ccccc3)NC(c3cccc4oc5c(-c6cccc7oc8ccccc8c67)cc(-c6cccc7oc8ccccc8c67)cc5c34)=N2)cc1. The molecular formula is C51H31N3O3. The lowest BCUT2D eigenvalue weighted by atomic mass is 9.91. The second kappa shape index (κ2) is 12.4. The van der Waals surface area contributed by atoms with Gasteiger partial charge in [-0.05, 0) is 64.7 Å². The topological polar surface area (TPSA) is 76.2 Å². The highest BCUT2D eigenvalue weighted by molar-refractivity contribution is 6.25. The fourth-order valence-corrected chi connectivity index (χ4v) is 8.60. The number of nitrogens with zero attached hydrogens (tertiary/aromatic N) is 2. The molecule has 11 aromatic rings. The molecule has 6 nitrogen and oxygen atoms in total. The number of amidine groups is 2. The third-order valence-corrected chi connectivity index (χ3v) is 11.1. The van der Waals surface area contributed by atoms with E-state index < -0.39 is 0 Å². The van der Waals surface area contributed by atoms with Gasteiger partial charge in [0, 0.05) is 49.0 Å². The predicted molar refractivity (Wildman–Crippen MR) is 231 cm³/mol. The first kappa shape index (κ1) is 31.6. The minimum Gasteiger partial charge on any atom is -0.456 e. The van der Waals surface area contributed by atoms with E-state index in [1.165, 1.54) is 0 Å². The third kappa shape index (κ3) is 4.97. The third-order valence-electron chi connectivity index (χ3n) is 11.1. The molecule has 0 radical (unpaired) electrons. The maximum Gasteiger partial charge on any atom is 0.159 e. The standard InChI is InChI=1S/C51H31N3O3/c1-3-14-30(15-4-1)49-52-50(31-16-5-2-6-17-31)54-51(53-49)37-22-13-27-44-47(37)39-29-32(33-20-11-25-42-45(33)35-18-7-9-23-40(35)55-42)28-38(48(39)57-44)34-21-12-26-43-46(34)36-19-8-10-24-41(36)56-43/h1-29,49H,(H,52,53,54). The summed E-state index contributed by atoms with van der Waals surface area (Å²) in [6, 6.07) is 60.3. The van der Waals surface area contributed by atoms with Crippen molar-refractivity contribution in [2.75, 3.05) is 0 Å². The van der Waals surface area contributed by atoms with Crippen LogP contribution < -0.4 is 5.32 Å². The number of furan rings is 3. The van der Waals surface area contributed by atoms with Gasteiger partial charge in [0.05, 0.1) is 0 Å². The number of rotatable bonds is 5. The normalized spacial score (nSPS) is 14.5. The fourth-order valence-electron chi connectivity index (χ4n) is 8.60. The lowest BCUT2D eigenvalue weighted by molar-refractivity contribution is 0.668. The predicted octanol–water partition coefficient (Wildman–Crippen LogP) is 13.2. The number of nitrogens with one attached hydrogen (secondary N) is 1. The van der Waals surface area contributed by atoms with Crippen LogP contribution in [-0.2, 0) is 0 Å². The van der Waals surface area contributed by atoms with Gasteiger partial charge in [0.2, 0.25) is 0 Å². The Kier molecular flexibility index (Phi) is 6.89. The summed E-state index contributed by atoms with van der Waals surface area (Å²) in [4.78, 5) is 10.3. The molecule has 268 valence electrons. The molecule has 1 aliphatic rings. The Bertz CT molecular complexity index is 3440. The maximum atomic E-state index is 7.00. The van der Waals surface area contributed by atoms with Crippen LogP contribution in [0.2, 0.25) is 0 Å². The number of fused-ring (bicyclic) bond motifs is 9. The van der Waals surface area contributed by atoms with Crippen molar-refractivity contribution in [3.8, 4) is 22.3 Å². The molecule has 0 saturated carbocycles. The first-order chi connectivity index (χ1) is 28.2. The van der Waals surface area contributed by atoms with E-state index in [0.717, 1.165) is 111 Å². The number of hydrogen-bond acceptors (Lipinski definition) is 6. The van der Waals surface area contributed by atoms with Gasteiger partial charge in [-0.1, -0.05) is 133 Å². The molecule has 1 atom stereocenters. The van der Waals surface area contributed by atoms with E-state index in [-0.39, 0.29) is 6.17 Å². The van der Waals surface area contributed by atoms with Crippen molar-refractivity contribution in [2.45, 2.75) is 6.17 Å². The van der Waals surface area contributed by atoms with Crippen molar-refractivity contribution >= 4 is 77.5 Å². The van der Waals surface area contributed by atoms with E-state index in [1.807, 2.05) is 84.9 Å². The summed E-state index contributed by atoms with van der Waals surface area (Å²) in [5.74, 6) is 1.39. The van der Waals surface area contributed by atoms with E-state index >= 15 is 0 Å². The summed E-state index contributed by atoms with van der Waals surface area (Å²) in [7, 11) is 0. The van der Waals surface area contributed by atoms with Gasteiger partial charge in [-0.25, -0.2) is 9.98 Å². The Morgan fingerprint density at radius 3 is 1.65 bits per heavy atom. The van der Waals surface area contributed by atoms with E-state index in [2.05, 4.69) is 96.3 Å².